The summed E-state index contributed by atoms with van der Waals surface area (Å²) in [6, 6.07) is 7.86. The van der Waals surface area contributed by atoms with Gasteiger partial charge in [0.15, 0.2) is 5.76 Å². The molecular formula is C13H13ClN2O. The Bertz CT molecular complexity index is 500. The molecule has 88 valence electrons. The van der Waals surface area contributed by atoms with Gasteiger partial charge in [-0.2, -0.15) is 0 Å². The fraction of sp³-hybridized carbons (Fsp3) is 0.308. The highest BCUT2D eigenvalue weighted by molar-refractivity contribution is 6.30. The minimum absolute atomic E-state index is 0.274. The summed E-state index contributed by atoms with van der Waals surface area (Å²) >= 11 is 5.85. The molecule has 3 rings (SSSR count). The van der Waals surface area contributed by atoms with Crippen LogP contribution in [-0.2, 0) is 0 Å². The molecule has 2 heterocycles. The molecule has 1 atom stereocenters. The van der Waals surface area contributed by atoms with Crippen LogP contribution in [0.1, 0.15) is 24.8 Å². The number of nitrogens with one attached hydrogen (secondary N) is 1. The number of nitrogens with zero attached hydrogens (tertiary/aromatic N) is 1. The lowest BCUT2D eigenvalue weighted by Gasteiger charge is -2.03. The van der Waals surface area contributed by atoms with Gasteiger partial charge in [0.25, 0.3) is 0 Å². The van der Waals surface area contributed by atoms with E-state index in [4.69, 9.17) is 16.0 Å². The lowest BCUT2D eigenvalue weighted by Crippen LogP contribution is -2.12. The summed E-state index contributed by atoms with van der Waals surface area (Å²) in [4.78, 5) is 4.33. The van der Waals surface area contributed by atoms with E-state index >= 15 is 0 Å². The number of halogens is 1. The Morgan fingerprint density at radius 3 is 2.82 bits per heavy atom. The third-order valence-electron chi connectivity index (χ3n) is 3.01. The third-order valence-corrected chi connectivity index (χ3v) is 3.26. The van der Waals surface area contributed by atoms with Gasteiger partial charge in [-0.15, -0.1) is 0 Å². The van der Waals surface area contributed by atoms with Crippen LogP contribution in [0, 0.1) is 0 Å². The summed E-state index contributed by atoms with van der Waals surface area (Å²) in [5.74, 6) is 1.58. The molecule has 1 saturated heterocycles. The third kappa shape index (κ3) is 2.21. The molecule has 1 aromatic heterocycles. The van der Waals surface area contributed by atoms with Crippen LogP contribution < -0.4 is 5.32 Å². The van der Waals surface area contributed by atoms with Crippen molar-refractivity contribution >= 4 is 11.6 Å². The van der Waals surface area contributed by atoms with E-state index < -0.39 is 0 Å². The summed E-state index contributed by atoms with van der Waals surface area (Å²) in [6.07, 6.45) is 4.06. The van der Waals surface area contributed by atoms with Gasteiger partial charge in [0.2, 0.25) is 5.89 Å². The fourth-order valence-corrected chi connectivity index (χ4v) is 2.22. The number of rotatable bonds is 2. The first-order valence-electron chi connectivity index (χ1n) is 5.78. The van der Waals surface area contributed by atoms with Crippen molar-refractivity contribution in [2.75, 3.05) is 6.54 Å². The van der Waals surface area contributed by atoms with Gasteiger partial charge in [0.1, 0.15) is 0 Å². The van der Waals surface area contributed by atoms with Gasteiger partial charge in [-0.3, -0.25) is 0 Å². The molecule has 3 nitrogen and oxygen atoms in total. The summed E-state index contributed by atoms with van der Waals surface area (Å²) < 4.78 is 5.78. The maximum atomic E-state index is 5.85. The van der Waals surface area contributed by atoms with Crippen molar-refractivity contribution in [2.24, 2.45) is 0 Å². The van der Waals surface area contributed by atoms with Crippen molar-refractivity contribution in [3.8, 4) is 11.3 Å². The number of hydrogen-bond donors (Lipinski definition) is 1. The second-order valence-electron chi connectivity index (χ2n) is 4.22. The zero-order valence-electron chi connectivity index (χ0n) is 9.32. The van der Waals surface area contributed by atoms with Crippen LogP contribution in [0.2, 0.25) is 5.02 Å². The minimum Gasteiger partial charge on any atom is -0.439 e. The van der Waals surface area contributed by atoms with E-state index in [2.05, 4.69) is 10.3 Å². The monoisotopic (exact) mass is 248 g/mol. The molecule has 0 bridgehead atoms. The summed E-state index contributed by atoms with van der Waals surface area (Å²) in [5.41, 5.74) is 1.01. The van der Waals surface area contributed by atoms with Crippen LogP contribution in [-0.4, -0.2) is 11.5 Å². The Hall–Kier alpha value is -1.32. The average Bonchev–Trinajstić information content (AvgIpc) is 3.00. The van der Waals surface area contributed by atoms with Gasteiger partial charge in [0, 0.05) is 10.6 Å². The van der Waals surface area contributed by atoms with Crippen molar-refractivity contribution < 1.29 is 4.42 Å². The van der Waals surface area contributed by atoms with E-state index in [9.17, 15) is 0 Å². The molecule has 1 aliphatic heterocycles. The Morgan fingerprint density at radius 1 is 1.29 bits per heavy atom. The first kappa shape index (κ1) is 10.8. The van der Waals surface area contributed by atoms with E-state index in [0.717, 1.165) is 35.2 Å². The predicted molar refractivity (Wildman–Crippen MR) is 66.9 cm³/mol. The smallest absolute Gasteiger partial charge is 0.212 e. The van der Waals surface area contributed by atoms with Crippen molar-refractivity contribution in [1.29, 1.82) is 0 Å². The van der Waals surface area contributed by atoms with E-state index in [1.807, 2.05) is 24.3 Å². The fourth-order valence-electron chi connectivity index (χ4n) is 2.09. The zero-order chi connectivity index (χ0) is 11.7. The van der Waals surface area contributed by atoms with Crippen LogP contribution >= 0.6 is 11.6 Å². The molecule has 1 aliphatic rings. The standard InChI is InChI=1S/C13H13ClN2O/c14-10-5-3-9(4-6-10)12-8-16-13(17-12)11-2-1-7-15-11/h3-6,8,11,15H,1-2,7H2. The number of benzene rings is 1. The second kappa shape index (κ2) is 4.51. The molecule has 0 radical (unpaired) electrons. The highest BCUT2D eigenvalue weighted by atomic mass is 35.5. The van der Waals surface area contributed by atoms with E-state index in [0.29, 0.717) is 0 Å². The first-order chi connectivity index (χ1) is 8.33. The van der Waals surface area contributed by atoms with Crippen LogP contribution in [0.4, 0.5) is 0 Å². The maximum absolute atomic E-state index is 5.85. The SMILES string of the molecule is Clc1ccc(-c2cnc(C3CCCN3)o2)cc1. The van der Waals surface area contributed by atoms with Gasteiger partial charge in [0.05, 0.1) is 12.2 Å². The maximum Gasteiger partial charge on any atom is 0.212 e. The van der Waals surface area contributed by atoms with Crippen molar-refractivity contribution in [3.63, 3.8) is 0 Å². The predicted octanol–water partition coefficient (Wildman–Crippen LogP) is 3.42. The molecule has 2 aromatic rings. The zero-order valence-corrected chi connectivity index (χ0v) is 10.1. The molecule has 17 heavy (non-hydrogen) atoms. The molecule has 1 unspecified atom stereocenters. The molecule has 4 heteroatoms. The first-order valence-corrected chi connectivity index (χ1v) is 6.16. The summed E-state index contributed by atoms with van der Waals surface area (Å²) in [7, 11) is 0. The van der Waals surface area contributed by atoms with Gasteiger partial charge in [-0.05, 0) is 43.7 Å². The Kier molecular flexibility index (Phi) is 2.87. The normalized spacial score (nSPS) is 19.7. The Morgan fingerprint density at radius 2 is 2.12 bits per heavy atom. The van der Waals surface area contributed by atoms with Crippen LogP contribution in [0.5, 0.6) is 0 Å². The molecule has 1 N–H and O–H groups in total. The molecule has 0 aliphatic carbocycles. The topological polar surface area (TPSA) is 38.1 Å². The summed E-state index contributed by atoms with van der Waals surface area (Å²) in [6.45, 7) is 1.04. The summed E-state index contributed by atoms with van der Waals surface area (Å²) in [5, 5.41) is 4.10. The Balaban J connectivity index is 1.86. The van der Waals surface area contributed by atoms with E-state index in [1.54, 1.807) is 6.20 Å². The number of oxazole rings is 1. The second-order valence-corrected chi connectivity index (χ2v) is 4.66. The van der Waals surface area contributed by atoms with Gasteiger partial charge in [-0.25, -0.2) is 4.98 Å². The number of aromatic nitrogens is 1. The lowest BCUT2D eigenvalue weighted by molar-refractivity contribution is 0.437. The molecule has 0 amide bonds. The van der Waals surface area contributed by atoms with Crippen LogP contribution in [0.25, 0.3) is 11.3 Å². The van der Waals surface area contributed by atoms with E-state index in [1.165, 1.54) is 6.42 Å². The quantitative estimate of drug-likeness (QED) is 0.885. The van der Waals surface area contributed by atoms with Gasteiger partial charge < -0.3 is 9.73 Å². The minimum atomic E-state index is 0.274. The number of hydrogen-bond acceptors (Lipinski definition) is 3. The van der Waals surface area contributed by atoms with Crippen LogP contribution in [0.15, 0.2) is 34.9 Å². The van der Waals surface area contributed by atoms with Gasteiger partial charge in [-0.1, -0.05) is 11.6 Å². The van der Waals surface area contributed by atoms with Crippen molar-refractivity contribution in [2.45, 2.75) is 18.9 Å². The highest BCUT2D eigenvalue weighted by Gasteiger charge is 2.21. The average molecular weight is 249 g/mol. The molecule has 1 fully saturated rings. The molecular weight excluding hydrogens is 236 g/mol. The highest BCUT2D eigenvalue weighted by Crippen LogP contribution is 2.27. The van der Waals surface area contributed by atoms with Crippen LogP contribution in [0.3, 0.4) is 0 Å². The van der Waals surface area contributed by atoms with E-state index in [-0.39, 0.29) is 6.04 Å². The van der Waals surface area contributed by atoms with Crippen molar-refractivity contribution in [3.05, 3.63) is 41.4 Å². The van der Waals surface area contributed by atoms with Gasteiger partial charge >= 0.3 is 0 Å². The molecule has 0 saturated carbocycles. The Labute approximate surface area is 105 Å². The largest absolute Gasteiger partial charge is 0.439 e. The molecule has 0 spiro atoms. The van der Waals surface area contributed by atoms with Crippen molar-refractivity contribution in [1.82, 2.24) is 10.3 Å². The molecule has 1 aromatic carbocycles. The lowest BCUT2D eigenvalue weighted by atomic mass is 10.2.